The summed E-state index contributed by atoms with van der Waals surface area (Å²) in [5.41, 5.74) is 0. The van der Waals surface area contributed by atoms with Crippen molar-refractivity contribution in [3.8, 4) is 0 Å². The molecular weight excluding hydrogens is 761 g/mol. The van der Waals surface area contributed by atoms with Crippen molar-refractivity contribution in [2.24, 2.45) is 0 Å². The molecule has 0 spiro atoms. The molecule has 2 aromatic carbocycles. The predicted octanol–water partition coefficient (Wildman–Crippen LogP) is 12.3. The van der Waals surface area contributed by atoms with Crippen LogP contribution in [-0.4, -0.2) is 37.5 Å². The maximum Gasteiger partial charge on any atom is 0.0717 e. The Bertz CT molecular complexity index is 1510. The van der Waals surface area contributed by atoms with Crippen LogP contribution in [0.4, 0.5) is 0 Å². The van der Waals surface area contributed by atoms with E-state index in [1.54, 1.807) is 0 Å². The Hall–Kier alpha value is 2.30. The molecule has 6 rings (SSSR count). The number of hydrogen-bond acceptors (Lipinski definition) is 14. The fourth-order valence-electron chi connectivity index (χ4n) is 4.04. The average Bonchev–Trinajstić information content (AvgIpc) is 3.78. The van der Waals surface area contributed by atoms with E-state index in [1.165, 1.54) is 73.4 Å². The maximum absolute atomic E-state index is 2.49. The van der Waals surface area contributed by atoms with Gasteiger partial charge in [0.25, 0.3) is 0 Å². The number of benzene rings is 2. The number of rotatable bonds is 6. The lowest BCUT2D eigenvalue weighted by Gasteiger charge is -2.08. The second kappa shape index (κ2) is 14.4. The second-order valence-electron chi connectivity index (χ2n) is 7.92. The first-order valence-corrected chi connectivity index (χ1v) is 25.4. The van der Waals surface area contributed by atoms with Gasteiger partial charge in [0.05, 0.1) is 42.4 Å². The maximum atomic E-state index is 2.49. The van der Waals surface area contributed by atoms with Crippen LogP contribution < -0.4 is 10.4 Å². The fourth-order valence-corrected chi connectivity index (χ4v) is 22.0. The minimum atomic E-state index is 1.37. The average molecular weight is 783 g/mol. The van der Waals surface area contributed by atoms with Crippen molar-refractivity contribution in [2.45, 2.75) is 9.79 Å². The monoisotopic (exact) mass is 782 g/mol. The Morgan fingerprint density at radius 1 is 0.375 bits per heavy atom. The van der Waals surface area contributed by atoms with Crippen LogP contribution in [-0.2, 0) is 0 Å². The van der Waals surface area contributed by atoms with E-state index in [1.807, 2.05) is 165 Å². The number of thioether (sulfide) groups is 14. The molecule has 0 radical (unpaired) electrons. The summed E-state index contributed by atoms with van der Waals surface area (Å²) < 4.78 is 14.3. The molecule has 0 atom stereocenters. The molecule has 0 amide bonds. The summed E-state index contributed by atoms with van der Waals surface area (Å²) in [4.78, 5) is 2.79. The summed E-state index contributed by atoms with van der Waals surface area (Å²) in [6.07, 6.45) is 13.2. The zero-order valence-electron chi connectivity index (χ0n) is 22.0. The first kappa shape index (κ1) is 32.2. The van der Waals surface area contributed by atoms with E-state index < -0.39 is 0 Å². The van der Waals surface area contributed by atoms with Crippen molar-refractivity contribution in [3.05, 3.63) is 68.6 Å². The van der Waals surface area contributed by atoms with Gasteiger partial charge in [0.15, 0.2) is 0 Å². The Morgan fingerprint density at radius 3 is 0.950 bits per heavy atom. The molecule has 0 aromatic heterocycles. The van der Waals surface area contributed by atoms with Gasteiger partial charge in [0, 0.05) is 20.2 Å². The van der Waals surface area contributed by atoms with Gasteiger partial charge in [-0.3, -0.25) is 0 Å². The molecule has 14 heteroatoms. The number of fused-ring (bicyclic) bond motifs is 2. The molecule has 4 aliphatic rings. The second-order valence-corrected chi connectivity index (χ2v) is 23.6. The standard InChI is InChI=1S/C26H22S14/c1-27-19-20(28-2)36-17(35-19)11-7-8-12(18-37-21(29-3)22(30-4)38-18)14-10-16-15(9-13(11)14)33-25(34-16)26-39-23(31-5)24(32-6)40-26/h7-10H,1-6H3. The van der Waals surface area contributed by atoms with Crippen molar-refractivity contribution in [3.63, 3.8) is 0 Å². The van der Waals surface area contributed by atoms with Gasteiger partial charge >= 0.3 is 0 Å². The Morgan fingerprint density at radius 2 is 0.650 bits per heavy atom. The highest BCUT2D eigenvalue weighted by atomic mass is 32.3. The smallest absolute Gasteiger partial charge is 0.0717 e. The summed E-state index contributed by atoms with van der Waals surface area (Å²) in [7, 11) is 0. The molecule has 0 fully saturated rings. The van der Waals surface area contributed by atoms with Crippen molar-refractivity contribution < 1.29 is 0 Å². The van der Waals surface area contributed by atoms with Gasteiger partial charge in [-0.1, -0.05) is 106 Å². The van der Waals surface area contributed by atoms with Gasteiger partial charge in [0.2, 0.25) is 0 Å². The first-order valence-electron chi connectivity index (χ1n) is 11.5. The molecule has 0 saturated carbocycles. The van der Waals surface area contributed by atoms with Crippen LogP contribution >= 0.6 is 165 Å². The zero-order chi connectivity index (χ0) is 28.0. The third-order valence-corrected chi connectivity index (χ3v) is 24.6. The van der Waals surface area contributed by atoms with Crippen LogP contribution in [0.2, 0.25) is 0 Å². The van der Waals surface area contributed by atoms with Crippen molar-refractivity contribution >= 4 is 184 Å². The quantitative estimate of drug-likeness (QED) is 0.273. The Labute approximate surface area is 296 Å². The van der Waals surface area contributed by atoms with Gasteiger partial charge in [0.1, 0.15) is 0 Å². The highest BCUT2D eigenvalue weighted by Gasteiger charge is 2.30. The first-order chi connectivity index (χ1) is 19.5. The molecule has 2 aromatic rings. The lowest BCUT2D eigenvalue weighted by Crippen LogP contribution is -2.13. The highest BCUT2D eigenvalue weighted by molar-refractivity contribution is 8.46. The molecule has 0 saturated heterocycles. The molecule has 0 N–H and O–H groups in total. The molecule has 210 valence electrons. The van der Waals surface area contributed by atoms with Crippen LogP contribution in [0.15, 0.2) is 68.0 Å². The lowest BCUT2D eigenvalue weighted by atomic mass is 10.1. The van der Waals surface area contributed by atoms with Crippen LogP contribution in [0.5, 0.6) is 0 Å². The molecule has 0 unspecified atom stereocenters. The normalized spacial score (nSPS) is 19.6. The van der Waals surface area contributed by atoms with E-state index in [4.69, 9.17) is 0 Å². The van der Waals surface area contributed by atoms with E-state index >= 15 is 0 Å². The molecule has 40 heavy (non-hydrogen) atoms. The SMILES string of the molecule is CSC1=C(SC)SC(=C2Sc3cc4c(=C5SC(SC)=C(SC)S5)ccc(=C5SC(SC)=C(SC)S5)c4cc3S2)S1. The molecular formula is C26H22S14. The molecule has 0 nitrogen and oxygen atoms in total. The summed E-state index contributed by atoms with van der Waals surface area (Å²) in [5.74, 6) is 0. The number of hydrogen-bond donors (Lipinski definition) is 0. The van der Waals surface area contributed by atoms with Crippen molar-refractivity contribution in [1.82, 2.24) is 0 Å². The van der Waals surface area contributed by atoms with Crippen LogP contribution in [0.3, 0.4) is 0 Å². The summed E-state index contributed by atoms with van der Waals surface area (Å²) in [6, 6.07) is 9.76. The lowest BCUT2D eigenvalue weighted by molar-refractivity contribution is 1.29. The topological polar surface area (TPSA) is 0 Å². The van der Waals surface area contributed by atoms with Crippen LogP contribution in [0.25, 0.3) is 19.2 Å². The Kier molecular flexibility index (Phi) is 11.6. The summed E-state index contributed by atoms with van der Waals surface area (Å²) >= 11 is 26.9. The van der Waals surface area contributed by atoms with Crippen LogP contribution in [0.1, 0.15) is 0 Å². The van der Waals surface area contributed by atoms with Gasteiger partial charge in [-0.15, -0.1) is 70.6 Å². The molecule has 0 bridgehead atoms. The molecule has 4 heterocycles. The van der Waals surface area contributed by atoms with Gasteiger partial charge in [-0.2, -0.15) is 0 Å². The minimum absolute atomic E-state index is 1.37. The Balaban J connectivity index is 1.51. The highest BCUT2D eigenvalue weighted by Crippen LogP contribution is 2.64. The molecule has 4 aliphatic heterocycles. The van der Waals surface area contributed by atoms with E-state index in [-0.39, 0.29) is 0 Å². The van der Waals surface area contributed by atoms with Crippen molar-refractivity contribution in [1.29, 1.82) is 0 Å². The van der Waals surface area contributed by atoms with Gasteiger partial charge in [-0.05, 0) is 60.4 Å². The van der Waals surface area contributed by atoms with Gasteiger partial charge in [-0.25, -0.2) is 0 Å². The van der Waals surface area contributed by atoms with E-state index in [9.17, 15) is 0 Å². The van der Waals surface area contributed by atoms with Gasteiger partial charge < -0.3 is 0 Å². The fraction of sp³-hybridized carbons (Fsp3) is 0.231. The van der Waals surface area contributed by atoms with Crippen LogP contribution in [0, 0.1) is 0 Å². The summed E-state index contributed by atoms with van der Waals surface area (Å²) in [5, 5.41) is 5.50. The predicted molar refractivity (Wildman–Crippen MR) is 216 cm³/mol. The van der Waals surface area contributed by atoms with E-state index in [0.717, 1.165) is 0 Å². The largest absolute Gasteiger partial charge is 0.121 e. The third-order valence-electron chi connectivity index (χ3n) is 5.82. The third kappa shape index (κ3) is 6.31. The van der Waals surface area contributed by atoms with E-state index in [0.29, 0.717) is 0 Å². The van der Waals surface area contributed by atoms with E-state index in [2.05, 4.69) is 61.8 Å². The van der Waals surface area contributed by atoms with Crippen molar-refractivity contribution in [2.75, 3.05) is 37.5 Å². The molecule has 0 aliphatic carbocycles. The summed E-state index contributed by atoms with van der Waals surface area (Å²) in [6.45, 7) is 0. The minimum Gasteiger partial charge on any atom is -0.121 e. The zero-order valence-corrected chi connectivity index (χ0v) is 33.5.